The van der Waals surface area contributed by atoms with Gasteiger partial charge in [-0.2, -0.15) is 5.10 Å². The fourth-order valence-corrected chi connectivity index (χ4v) is 9.01. The lowest BCUT2D eigenvalue weighted by atomic mass is 9.55. The maximum absolute atomic E-state index is 13.5. The lowest BCUT2D eigenvalue weighted by Gasteiger charge is -2.58. The first-order chi connectivity index (χ1) is 24.9. The van der Waals surface area contributed by atoms with E-state index in [1.807, 2.05) is 41.5 Å². The molecule has 1 fully saturated rings. The topological polar surface area (TPSA) is 184 Å². The molecule has 1 amide bonds. The number of aromatic amines is 1. The van der Waals surface area contributed by atoms with Crippen LogP contribution in [0.3, 0.4) is 0 Å². The monoisotopic (exact) mass is 755 g/mol. The van der Waals surface area contributed by atoms with Gasteiger partial charge in [0.15, 0.2) is 17.3 Å². The van der Waals surface area contributed by atoms with Crippen molar-refractivity contribution in [2.24, 2.45) is 16.7 Å². The van der Waals surface area contributed by atoms with Gasteiger partial charge in [0, 0.05) is 35.4 Å². The van der Waals surface area contributed by atoms with E-state index in [2.05, 4.69) is 35.7 Å². The Balaban J connectivity index is 1.17. The second kappa shape index (κ2) is 16.1. The third-order valence-corrected chi connectivity index (χ3v) is 10.3. The highest BCUT2D eigenvalue weighted by atomic mass is 31.2. The van der Waals surface area contributed by atoms with Gasteiger partial charge in [0.25, 0.3) is 0 Å². The van der Waals surface area contributed by atoms with Crippen molar-refractivity contribution in [3.8, 4) is 11.5 Å². The molecular formula is C37H51FN7O7P. The van der Waals surface area contributed by atoms with Crippen molar-refractivity contribution in [2.45, 2.75) is 72.8 Å². The third kappa shape index (κ3) is 9.70. The van der Waals surface area contributed by atoms with Crippen LogP contribution >= 0.6 is 7.82 Å². The SMILES string of the molecule is COc1cc2c(Nc3cc(CC(=O)Nc4cccc(F)c4)[nH]n3)ncnc2cc1OCCCN1CCC(C(OP(=O)(O)O)(C(C)(C)C)C(C)(C)C)CC1. The van der Waals surface area contributed by atoms with E-state index >= 15 is 0 Å². The number of hydrogen-bond donors (Lipinski definition) is 5. The van der Waals surface area contributed by atoms with E-state index in [0.717, 1.165) is 38.9 Å². The fourth-order valence-electron chi connectivity index (χ4n) is 7.94. The van der Waals surface area contributed by atoms with E-state index in [9.17, 15) is 23.5 Å². The van der Waals surface area contributed by atoms with Gasteiger partial charge in [-0.25, -0.2) is 18.9 Å². The first-order valence-corrected chi connectivity index (χ1v) is 19.2. The quantitative estimate of drug-likeness (QED) is 0.0668. The molecule has 0 bridgehead atoms. The Kier molecular flexibility index (Phi) is 12.1. The molecule has 0 aliphatic carbocycles. The molecule has 0 saturated carbocycles. The molecule has 5 N–H and O–H groups in total. The smallest absolute Gasteiger partial charge is 0.470 e. The zero-order valence-corrected chi connectivity index (χ0v) is 32.3. The van der Waals surface area contributed by atoms with Crippen LogP contribution in [0.1, 0.15) is 66.5 Å². The van der Waals surface area contributed by atoms with Gasteiger partial charge in [-0.1, -0.05) is 47.6 Å². The highest BCUT2D eigenvalue weighted by Crippen LogP contribution is 2.60. The van der Waals surface area contributed by atoms with Crippen molar-refractivity contribution in [1.29, 1.82) is 0 Å². The van der Waals surface area contributed by atoms with E-state index < -0.39 is 30.1 Å². The van der Waals surface area contributed by atoms with Crippen molar-refractivity contribution in [2.75, 3.05) is 44.0 Å². The summed E-state index contributed by atoms with van der Waals surface area (Å²) in [5, 5.41) is 13.6. The maximum Gasteiger partial charge on any atom is 0.470 e. The Labute approximate surface area is 309 Å². The number of aromatic nitrogens is 4. The van der Waals surface area contributed by atoms with Crippen LogP contribution in [0.2, 0.25) is 0 Å². The normalized spacial score (nSPS) is 15.1. The van der Waals surface area contributed by atoms with Gasteiger partial charge in [-0.05, 0) is 73.4 Å². The van der Waals surface area contributed by atoms with Crippen LogP contribution in [0.4, 0.5) is 21.7 Å². The molecule has 0 unspecified atom stereocenters. The molecular weight excluding hydrogens is 704 g/mol. The number of anilines is 3. The lowest BCUT2D eigenvalue weighted by Crippen LogP contribution is -2.61. The first kappa shape index (κ1) is 40.1. The standard InChI is InChI=1S/C37H51FN7O7P/c1-35(2,3)37(36(4,5)6,52-53(47,48)49)24-12-15-45(16-13-24)14-9-17-51-31-22-29-28(21-30(31)50-7)34(40-23-39-29)42-32-19-27(43-44-32)20-33(46)41-26-11-8-10-25(38)18-26/h8,10-11,18-19,21-24H,9,12-17,20H2,1-7H3,(H,41,46)(H2,47,48,49)(H2,39,40,42,43,44). The summed E-state index contributed by atoms with van der Waals surface area (Å²) in [5.41, 5.74) is -0.497. The summed E-state index contributed by atoms with van der Waals surface area (Å²) in [5.74, 6) is 1.20. The van der Waals surface area contributed by atoms with Crippen molar-refractivity contribution in [3.63, 3.8) is 0 Å². The van der Waals surface area contributed by atoms with Gasteiger partial charge < -0.3 is 34.8 Å². The average molecular weight is 756 g/mol. The summed E-state index contributed by atoms with van der Waals surface area (Å²) in [6.07, 6.45) is 3.72. The number of carbonyl (C=O) groups is 1. The number of hydrogen-bond acceptors (Lipinski definition) is 10. The predicted molar refractivity (Wildman–Crippen MR) is 201 cm³/mol. The number of phosphoric acid groups is 1. The number of ether oxygens (including phenoxy) is 2. The van der Waals surface area contributed by atoms with Crippen molar-refractivity contribution in [3.05, 3.63) is 60.3 Å². The second-order valence-electron chi connectivity index (χ2n) is 15.5. The van der Waals surface area contributed by atoms with Crippen LogP contribution in [-0.2, 0) is 20.3 Å². The Bertz CT molecular complexity index is 1920. The van der Waals surface area contributed by atoms with Crippen LogP contribution in [0.15, 0.2) is 48.8 Å². The number of benzene rings is 2. The molecule has 5 rings (SSSR count). The van der Waals surface area contributed by atoms with Crippen LogP contribution in [0.25, 0.3) is 10.9 Å². The summed E-state index contributed by atoms with van der Waals surface area (Å²) in [4.78, 5) is 43.6. The van der Waals surface area contributed by atoms with Gasteiger partial charge >= 0.3 is 7.82 Å². The zero-order chi connectivity index (χ0) is 38.6. The Hall–Kier alpha value is -4.14. The number of fused-ring (bicyclic) bond motifs is 1. The van der Waals surface area contributed by atoms with E-state index in [1.165, 1.54) is 24.5 Å². The molecule has 0 atom stereocenters. The highest BCUT2D eigenvalue weighted by molar-refractivity contribution is 7.46. The highest BCUT2D eigenvalue weighted by Gasteiger charge is 2.59. The minimum absolute atomic E-state index is 0.00592. The minimum atomic E-state index is -4.74. The van der Waals surface area contributed by atoms with Crippen LogP contribution in [0, 0.1) is 22.6 Å². The first-order valence-electron chi connectivity index (χ1n) is 17.7. The molecule has 1 aliphatic rings. The zero-order valence-electron chi connectivity index (χ0n) is 31.4. The second-order valence-corrected chi connectivity index (χ2v) is 16.7. The molecule has 2 aromatic carbocycles. The minimum Gasteiger partial charge on any atom is -0.493 e. The number of nitrogens with zero attached hydrogens (tertiary/aromatic N) is 4. The van der Waals surface area contributed by atoms with Crippen molar-refractivity contribution in [1.82, 2.24) is 25.1 Å². The van der Waals surface area contributed by atoms with Crippen LogP contribution < -0.4 is 20.1 Å². The molecule has 1 aliphatic heterocycles. The summed E-state index contributed by atoms with van der Waals surface area (Å²) < 4.78 is 43.3. The number of phosphoric ester groups is 1. The van der Waals surface area contributed by atoms with E-state index in [4.69, 9.17) is 14.0 Å². The van der Waals surface area contributed by atoms with Crippen LogP contribution in [0.5, 0.6) is 11.5 Å². The summed E-state index contributed by atoms with van der Waals surface area (Å²) in [7, 11) is -3.18. The molecule has 288 valence electrons. The number of amides is 1. The van der Waals surface area contributed by atoms with Gasteiger partial charge in [0.1, 0.15) is 18.0 Å². The van der Waals surface area contributed by atoms with Crippen molar-refractivity contribution < 1.29 is 37.5 Å². The molecule has 14 nitrogen and oxygen atoms in total. The number of rotatable bonds is 14. The third-order valence-electron chi connectivity index (χ3n) is 9.79. The Morgan fingerprint density at radius 1 is 1.04 bits per heavy atom. The molecule has 4 aromatic rings. The molecule has 16 heteroatoms. The number of H-pyrrole nitrogens is 1. The van der Waals surface area contributed by atoms with E-state index in [1.54, 1.807) is 31.4 Å². The summed E-state index contributed by atoms with van der Waals surface area (Å²) >= 11 is 0. The molecule has 2 aromatic heterocycles. The van der Waals surface area contributed by atoms with Gasteiger partial charge in [0.05, 0.1) is 31.3 Å². The molecule has 0 spiro atoms. The molecule has 3 heterocycles. The van der Waals surface area contributed by atoms with Crippen LogP contribution in [-0.4, -0.2) is 79.7 Å². The number of carbonyl (C=O) groups excluding carboxylic acids is 1. The summed E-state index contributed by atoms with van der Waals surface area (Å²) in [6, 6.07) is 11.0. The fraction of sp³-hybridized carbons (Fsp3) is 0.514. The number of nitrogens with one attached hydrogen (secondary N) is 3. The van der Waals surface area contributed by atoms with Gasteiger partial charge in [-0.15, -0.1) is 0 Å². The Morgan fingerprint density at radius 2 is 1.75 bits per heavy atom. The van der Waals surface area contributed by atoms with E-state index in [0.29, 0.717) is 52.0 Å². The summed E-state index contributed by atoms with van der Waals surface area (Å²) in [6.45, 7) is 14.8. The average Bonchev–Trinajstić information content (AvgIpc) is 3.50. The maximum atomic E-state index is 13.5. The molecule has 1 saturated heterocycles. The molecule has 53 heavy (non-hydrogen) atoms. The Morgan fingerprint density at radius 3 is 2.40 bits per heavy atom. The number of likely N-dealkylation sites (tertiary alicyclic amines) is 1. The van der Waals surface area contributed by atoms with Gasteiger partial charge in [0.2, 0.25) is 5.91 Å². The van der Waals surface area contributed by atoms with Gasteiger partial charge in [-0.3, -0.25) is 14.4 Å². The number of piperidine rings is 1. The molecule has 0 radical (unpaired) electrons. The predicted octanol–water partition coefficient (Wildman–Crippen LogP) is 6.85. The number of methoxy groups -OCH3 is 1. The van der Waals surface area contributed by atoms with E-state index in [-0.39, 0.29) is 18.2 Å². The van der Waals surface area contributed by atoms with Crippen molar-refractivity contribution >= 4 is 42.0 Å². The lowest BCUT2D eigenvalue weighted by molar-refractivity contribution is -0.176. The largest absolute Gasteiger partial charge is 0.493 e. The number of halogens is 1.